The number of nitrogens with two attached hydrogens (primary N) is 1. The van der Waals surface area contributed by atoms with Crippen molar-refractivity contribution in [2.75, 3.05) is 47.2 Å². The van der Waals surface area contributed by atoms with E-state index in [1.54, 1.807) is 7.11 Å². The summed E-state index contributed by atoms with van der Waals surface area (Å²) in [4.78, 5) is 11.3. The van der Waals surface area contributed by atoms with Gasteiger partial charge in [-0.05, 0) is 12.8 Å². The van der Waals surface area contributed by atoms with E-state index in [1.165, 1.54) is 7.11 Å². The van der Waals surface area contributed by atoms with Crippen LogP contribution in [-0.4, -0.2) is 59.1 Å². The van der Waals surface area contributed by atoms with E-state index >= 15 is 0 Å². The summed E-state index contributed by atoms with van der Waals surface area (Å²) in [5.74, 6) is -0.174. The Morgan fingerprint density at radius 3 is 2.59 bits per heavy atom. The standard InChI is InChI=1S/C11H24N2O4/c1-15-7-8-17-6-4-3-5-13-11(14)10(12)9-16-2/h10H,3-9,12H2,1-2H3,(H,13,14). The number of carbonyl (C=O) groups is 1. The van der Waals surface area contributed by atoms with Crippen LogP contribution in [0.1, 0.15) is 12.8 Å². The molecular weight excluding hydrogens is 224 g/mol. The smallest absolute Gasteiger partial charge is 0.239 e. The Morgan fingerprint density at radius 2 is 1.94 bits per heavy atom. The van der Waals surface area contributed by atoms with E-state index in [0.29, 0.717) is 26.4 Å². The van der Waals surface area contributed by atoms with Gasteiger partial charge in [-0.15, -0.1) is 0 Å². The first kappa shape index (κ1) is 16.3. The summed E-state index contributed by atoms with van der Waals surface area (Å²) in [5, 5.41) is 2.75. The van der Waals surface area contributed by atoms with Crippen molar-refractivity contribution < 1.29 is 19.0 Å². The molecule has 3 N–H and O–H groups in total. The Balaban J connectivity index is 3.24. The zero-order valence-corrected chi connectivity index (χ0v) is 10.7. The predicted octanol–water partition coefficient (Wildman–Crippen LogP) is -0.480. The molecule has 0 aromatic heterocycles. The molecule has 102 valence electrons. The minimum absolute atomic E-state index is 0.174. The topological polar surface area (TPSA) is 82.8 Å². The molecule has 0 spiro atoms. The molecule has 1 unspecified atom stereocenters. The number of hydrogen-bond acceptors (Lipinski definition) is 5. The zero-order valence-electron chi connectivity index (χ0n) is 10.7. The summed E-state index contributed by atoms with van der Waals surface area (Å²) in [7, 11) is 3.16. The molecule has 0 aromatic carbocycles. The molecule has 17 heavy (non-hydrogen) atoms. The number of amides is 1. The van der Waals surface area contributed by atoms with Gasteiger partial charge in [-0.1, -0.05) is 0 Å². The SMILES string of the molecule is COCCOCCCCNC(=O)C(N)COC. The third kappa shape index (κ3) is 10.2. The van der Waals surface area contributed by atoms with Crippen molar-refractivity contribution in [3.05, 3.63) is 0 Å². The molecule has 1 atom stereocenters. The molecule has 0 aromatic rings. The largest absolute Gasteiger partial charge is 0.383 e. The summed E-state index contributed by atoms with van der Waals surface area (Å²) in [5.41, 5.74) is 5.55. The van der Waals surface area contributed by atoms with E-state index in [4.69, 9.17) is 19.9 Å². The second kappa shape index (κ2) is 11.8. The van der Waals surface area contributed by atoms with Gasteiger partial charge in [-0.3, -0.25) is 4.79 Å². The van der Waals surface area contributed by atoms with Crippen LogP contribution in [0, 0.1) is 0 Å². The number of rotatable bonds is 11. The molecule has 1 amide bonds. The molecule has 6 nitrogen and oxygen atoms in total. The lowest BCUT2D eigenvalue weighted by Gasteiger charge is -2.11. The molecule has 0 aliphatic heterocycles. The van der Waals surface area contributed by atoms with Crippen LogP contribution < -0.4 is 11.1 Å². The van der Waals surface area contributed by atoms with Crippen LogP contribution in [0.3, 0.4) is 0 Å². The van der Waals surface area contributed by atoms with Gasteiger partial charge in [0.15, 0.2) is 0 Å². The van der Waals surface area contributed by atoms with E-state index in [1.807, 2.05) is 0 Å². The third-order valence-corrected chi connectivity index (χ3v) is 2.13. The Labute approximate surface area is 103 Å². The Bertz CT molecular complexity index is 190. The summed E-state index contributed by atoms with van der Waals surface area (Å²) in [6, 6.07) is -0.585. The van der Waals surface area contributed by atoms with Crippen LogP contribution in [0.15, 0.2) is 0 Å². The van der Waals surface area contributed by atoms with Crippen molar-refractivity contribution in [2.45, 2.75) is 18.9 Å². The lowest BCUT2D eigenvalue weighted by atomic mass is 10.3. The van der Waals surface area contributed by atoms with E-state index in [0.717, 1.165) is 12.8 Å². The van der Waals surface area contributed by atoms with Crippen molar-refractivity contribution in [1.82, 2.24) is 5.32 Å². The van der Waals surface area contributed by atoms with Gasteiger partial charge in [-0.2, -0.15) is 0 Å². The lowest BCUT2D eigenvalue weighted by Crippen LogP contribution is -2.43. The fourth-order valence-corrected chi connectivity index (χ4v) is 1.17. The minimum atomic E-state index is -0.585. The van der Waals surface area contributed by atoms with Crippen LogP contribution in [-0.2, 0) is 19.0 Å². The highest BCUT2D eigenvalue weighted by Crippen LogP contribution is 1.89. The lowest BCUT2D eigenvalue weighted by molar-refractivity contribution is -0.123. The number of unbranched alkanes of at least 4 members (excludes halogenated alkanes) is 1. The number of ether oxygens (including phenoxy) is 3. The summed E-state index contributed by atoms with van der Waals surface area (Å²) < 4.78 is 14.9. The van der Waals surface area contributed by atoms with Crippen LogP contribution in [0.5, 0.6) is 0 Å². The first-order valence-electron chi connectivity index (χ1n) is 5.81. The second-order valence-electron chi connectivity index (χ2n) is 3.67. The maximum absolute atomic E-state index is 11.3. The second-order valence-corrected chi connectivity index (χ2v) is 3.67. The van der Waals surface area contributed by atoms with Crippen molar-refractivity contribution in [3.63, 3.8) is 0 Å². The predicted molar refractivity (Wildman–Crippen MR) is 64.8 cm³/mol. The molecule has 0 rings (SSSR count). The van der Waals surface area contributed by atoms with E-state index in [-0.39, 0.29) is 12.5 Å². The maximum atomic E-state index is 11.3. The number of methoxy groups -OCH3 is 2. The Kier molecular flexibility index (Phi) is 11.3. The van der Waals surface area contributed by atoms with Crippen molar-refractivity contribution >= 4 is 5.91 Å². The van der Waals surface area contributed by atoms with Crippen LogP contribution in [0.4, 0.5) is 0 Å². The molecule has 0 saturated heterocycles. The zero-order chi connectivity index (χ0) is 12.9. The summed E-state index contributed by atoms with van der Waals surface area (Å²) in [6.45, 7) is 2.77. The van der Waals surface area contributed by atoms with Crippen LogP contribution in [0.2, 0.25) is 0 Å². The van der Waals surface area contributed by atoms with Gasteiger partial charge in [0.1, 0.15) is 6.04 Å². The van der Waals surface area contributed by atoms with Gasteiger partial charge in [0.05, 0.1) is 19.8 Å². The average molecular weight is 248 g/mol. The van der Waals surface area contributed by atoms with Gasteiger partial charge < -0.3 is 25.3 Å². The molecule has 6 heteroatoms. The Hall–Kier alpha value is -0.690. The van der Waals surface area contributed by atoms with Crippen LogP contribution in [0.25, 0.3) is 0 Å². The van der Waals surface area contributed by atoms with Crippen LogP contribution >= 0.6 is 0 Å². The van der Waals surface area contributed by atoms with Gasteiger partial charge in [0, 0.05) is 27.4 Å². The molecule has 0 radical (unpaired) electrons. The fourth-order valence-electron chi connectivity index (χ4n) is 1.17. The fraction of sp³-hybridized carbons (Fsp3) is 0.909. The minimum Gasteiger partial charge on any atom is -0.383 e. The van der Waals surface area contributed by atoms with Crippen molar-refractivity contribution in [3.8, 4) is 0 Å². The monoisotopic (exact) mass is 248 g/mol. The van der Waals surface area contributed by atoms with Crippen molar-refractivity contribution in [1.29, 1.82) is 0 Å². The number of carbonyl (C=O) groups excluding carboxylic acids is 1. The highest BCUT2D eigenvalue weighted by atomic mass is 16.5. The number of hydrogen-bond donors (Lipinski definition) is 2. The first-order chi connectivity index (χ1) is 8.22. The third-order valence-electron chi connectivity index (χ3n) is 2.13. The molecule has 0 fully saturated rings. The number of nitrogens with one attached hydrogen (secondary N) is 1. The molecule has 0 bridgehead atoms. The van der Waals surface area contributed by atoms with Gasteiger partial charge in [0.2, 0.25) is 5.91 Å². The molecule has 0 aliphatic carbocycles. The average Bonchev–Trinajstić information content (AvgIpc) is 2.32. The van der Waals surface area contributed by atoms with Gasteiger partial charge >= 0.3 is 0 Å². The Morgan fingerprint density at radius 1 is 1.18 bits per heavy atom. The highest BCUT2D eigenvalue weighted by Gasteiger charge is 2.11. The van der Waals surface area contributed by atoms with Gasteiger partial charge in [0.25, 0.3) is 0 Å². The van der Waals surface area contributed by atoms with E-state index in [2.05, 4.69) is 5.32 Å². The first-order valence-corrected chi connectivity index (χ1v) is 5.81. The quantitative estimate of drug-likeness (QED) is 0.483. The van der Waals surface area contributed by atoms with E-state index < -0.39 is 6.04 Å². The molecule has 0 heterocycles. The van der Waals surface area contributed by atoms with Crippen molar-refractivity contribution in [2.24, 2.45) is 5.73 Å². The summed E-state index contributed by atoms with van der Waals surface area (Å²) >= 11 is 0. The normalized spacial score (nSPS) is 12.4. The molecular formula is C11H24N2O4. The highest BCUT2D eigenvalue weighted by molar-refractivity contribution is 5.81. The van der Waals surface area contributed by atoms with Gasteiger partial charge in [-0.25, -0.2) is 0 Å². The maximum Gasteiger partial charge on any atom is 0.239 e. The molecule has 0 aliphatic rings. The van der Waals surface area contributed by atoms with E-state index in [9.17, 15) is 4.79 Å². The summed E-state index contributed by atoms with van der Waals surface area (Å²) in [6.07, 6.45) is 1.78. The molecule has 0 saturated carbocycles.